The van der Waals surface area contributed by atoms with Crippen LogP contribution < -0.4 is 10.2 Å². The van der Waals surface area contributed by atoms with E-state index >= 15 is 0 Å². The first-order valence-corrected chi connectivity index (χ1v) is 11.1. The monoisotopic (exact) mass is 469 g/mol. The van der Waals surface area contributed by atoms with E-state index in [1.807, 2.05) is 26.8 Å². The minimum Gasteiger partial charge on any atom is -0.326 e. The molecule has 0 radical (unpaired) electrons. The molecule has 1 heterocycles. The summed E-state index contributed by atoms with van der Waals surface area (Å²) in [5, 5.41) is 3.14. The minimum absolute atomic E-state index is 0.105. The number of hydrogen-bond donors (Lipinski definition) is 1. The number of amides is 4. The van der Waals surface area contributed by atoms with Crippen molar-refractivity contribution in [3.05, 3.63) is 59.1 Å². The van der Waals surface area contributed by atoms with E-state index in [1.165, 1.54) is 11.8 Å². The van der Waals surface area contributed by atoms with Crippen LogP contribution in [0.5, 0.6) is 0 Å². The van der Waals surface area contributed by atoms with E-state index in [1.54, 1.807) is 42.5 Å². The van der Waals surface area contributed by atoms with Gasteiger partial charge in [-0.25, -0.2) is 4.90 Å². The molecule has 2 aromatic carbocycles. The third kappa shape index (κ3) is 5.99. The lowest BCUT2D eigenvalue weighted by atomic mass is 9.91. The molecule has 3 rings (SSSR count). The fourth-order valence-electron chi connectivity index (χ4n) is 3.77. The van der Waals surface area contributed by atoms with E-state index in [-0.39, 0.29) is 42.5 Å². The van der Waals surface area contributed by atoms with Crippen molar-refractivity contribution >= 4 is 46.6 Å². The first-order valence-electron chi connectivity index (χ1n) is 10.7. The second kappa shape index (κ2) is 9.75. The number of benzene rings is 2. The number of carbonyl (C=O) groups is 4. The van der Waals surface area contributed by atoms with Crippen molar-refractivity contribution in [3.63, 3.8) is 0 Å². The summed E-state index contributed by atoms with van der Waals surface area (Å²) < 4.78 is 0. The molecule has 1 aliphatic rings. The molecule has 1 aliphatic heterocycles. The molecule has 1 atom stereocenters. The first-order chi connectivity index (χ1) is 15.5. The standard InChI is InChI=1S/C25H28ClN3O4/c1-16(30)27-18-9-11-19(12-10-18)29-22(31)13-21(24(29)33)28(23(32)14-25(2,3)4)15-17-7-5-6-8-20(17)26/h5-12,21H,13-15H2,1-4H3,(H,27,30). The van der Waals surface area contributed by atoms with Crippen molar-refractivity contribution in [2.24, 2.45) is 5.41 Å². The van der Waals surface area contributed by atoms with Crippen LogP contribution in [0.1, 0.15) is 46.1 Å². The van der Waals surface area contributed by atoms with E-state index in [9.17, 15) is 19.2 Å². The number of rotatable bonds is 6. The van der Waals surface area contributed by atoms with Crippen LogP contribution in [-0.4, -0.2) is 34.6 Å². The zero-order valence-corrected chi connectivity index (χ0v) is 20.0. The van der Waals surface area contributed by atoms with Crippen LogP contribution in [0, 0.1) is 5.41 Å². The maximum absolute atomic E-state index is 13.4. The first kappa shape index (κ1) is 24.5. The number of nitrogens with zero attached hydrogens (tertiary/aromatic N) is 2. The highest BCUT2D eigenvalue weighted by molar-refractivity contribution is 6.31. The molecule has 7 nitrogen and oxygen atoms in total. The Kier molecular flexibility index (Phi) is 7.22. The Morgan fingerprint density at radius 1 is 1.09 bits per heavy atom. The Balaban J connectivity index is 1.89. The second-order valence-corrected chi connectivity index (χ2v) is 9.77. The predicted octanol–water partition coefficient (Wildman–Crippen LogP) is 4.40. The normalized spacial score (nSPS) is 16.2. The molecule has 2 aromatic rings. The molecule has 0 bridgehead atoms. The van der Waals surface area contributed by atoms with Gasteiger partial charge in [0.05, 0.1) is 12.1 Å². The average Bonchev–Trinajstić information content (AvgIpc) is 3.00. The van der Waals surface area contributed by atoms with Crippen molar-refractivity contribution < 1.29 is 19.2 Å². The van der Waals surface area contributed by atoms with Crippen LogP contribution in [-0.2, 0) is 25.7 Å². The summed E-state index contributed by atoms with van der Waals surface area (Å²) in [5.41, 5.74) is 1.37. The molecule has 174 valence electrons. The number of halogens is 1. The van der Waals surface area contributed by atoms with Crippen LogP contribution >= 0.6 is 11.6 Å². The van der Waals surface area contributed by atoms with Gasteiger partial charge in [-0.05, 0) is 41.3 Å². The van der Waals surface area contributed by atoms with Crippen molar-refractivity contribution in [2.45, 2.75) is 53.1 Å². The third-order valence-corrected chi connectivity index (χ3v) is 5.61. The fraction of sp³-hybridized carbons (Fsp3) is 0.360. The minimum atomic E-state index is -0.918. The molecule has 8 heteroatoms. The number of nitrogens with one attached hydrogen (secondary N) is 1. The molecule has 0 aliphatic carbocycles. The lowest BCUT2D eigenvalue weighted by molar-refractivity contribution is -0.140. The second-order valence-electron chi connectivity index (χ2n) is 9.37. The largest absolute Gasteiger partial charge is 0.326 e. The Morgan fingerprint density at radius 3 is 2.30 bits per heavy atom. The van der Waals surface area contributed by atoms with Gasteiger partial charge in [0, 0.05) is 30.6 Å². The van der Waals surface area contributed by atoms with E-state index in [0.717, 1.165) is 4.90 Å². The van der Waals surface area contributed by atoms with Gasteiger partial charge < -0.3 is 10.2 Å². The summed E-state index contributed by atoms with van der Waals surface area (Å²) in [5.74, 6) is -1.27. The Bertz CT molecular complexity index is 1080. The molecule has 4 amide bonds. The van der Waals surface area contributed by atoms with E-state index in [4.69, 9.17) is 11.6 Å². The number of carbonyl (C=O) groups excluding carboxylic acids is 4. The molecule has 1 fully saturated rings. The maximum Gasteiger partial charge on any atom is 0.257 e. The van der Waals surface area contributed by atoms with Crippen molar-refractivity contribution in [1.29, 1.82) is 0 Å². The predicted molar refractivity (Wildman–Crippen MR) is 128 cm³/mol. The van der Waals surface area contributed by atoms with Crippen LogP contribution in [0.15, 0.2) is 48.5 Å². The zero-order chi connectivity index (χ0) is 24.3. The molecule has 33 heavy (non-hydrogen) atoms. The Hall–Kier alpha value is -3.19. The highest BCUT2D eigenvalue weighted by Gasteiger charge is 2.44. The van der Waals surface area contributed by atoms with Crippen molar-refractivity contribution in [1.82, 2.24) is 4.90 Å². The Morgan fingerprint density at radius 2 is 1.73 bits per heavy atom. The van der Waals surface area contributed by atoms with E-state index in [0.29, 0.717) is 22.0 Å². The summed E-state index contributed by atoms with van der Waals surface area (Å²) in [6.45, 7) is 7.37. The van der Waals surface area contributed by atoms with Gasteiger partial charge in [0.25, 0.3) is 5.91 Å². The highest BCUT2D eigenvalue weighted by atomic mass is 35.5. The van der Waals surface area contributed by atoms with Gasteiger partial charge in [-0.1, -0.05) is 50.6 Å². The molecule has 1 N–H and O–H groups in total. The van der Waals surface area contributed by atoms with Crippen LogP contribution in [0.2, 0.25) is 5.02 Å². The van der Waals surface area contributed by atoms with Crippen molar-refractivity contribution in [3.8, 4) is 0 Å². The summed E-state index contributed by atoms with van der Waals surface area (Å²) in [6.07, 6.45) is 0.119. The van der Waals surface area contributed by atoms with E-state index < -0.39 is 11.9 Å². The summed E-state index contributed by atoms with van der Waals surface area (Å²) in [6, 6.07) is 12.7. The van der Waals surface area contributed by atoms with Gasteiger partial charge in [-0.15, -0.1) is 0 Å². The van der Waals surface area contributed by atoms with Gasteiger partial charge >= 0.3 is 0 Å². The summed E-state index contributed by atoms with van der Waals surface area (Å²) in [4.78, 5) is 53.3. The summed E-state index contributed by atoms with van der Waals surface area (Å²) >= 11 is 6.32. The van der Waals surface area contributed by atoms with Gasteiger partial charge in [0.1, 0.15) is 6.04 Å². The molecule has 0 spiro atoms. The van der Waals surface area contributed by atoms with Gasteiger partial charge in [-0.3, -0.25) is 19.2 Å². The molecule has 1 saturated heterocycles. The number of imide groups is 1. The highest BCUT2D eigenvalue weighted by Crippen LogP contribution is 2.30. The molecule has 0 saturated carbocycles. The van der Waals surface area contributed by atoms with Gasteiger partial charge in [0.15, 0.2) is 0 Å². The SMILES string of the molecule is CC(=O)Nc1ccc(N2C(=O)CC(N(Cc3ccccc3Cl)C(=O)CC(C)(C)C)C2=O)cc1. The molecule has 1 unspecified atom stereocenters. The van der Waals surface area contributed by atoms with E-state index in [2.05, 4.69) is 5.32 Å². The zero-order valence-electron chi connectivity index (χ0n) is 19.2. The van der Waals surface area contributed by atoms with Gasteiger partial charge in [-0.2, -0.15) is 0 Å². The quantitative estimate of drug-likeness (QED) is 0.635. The number of hydrogen-bond acceptors (Lipinski definition) is 4. The topological polar surface area (TPSA) is 86.8 Å². The lowest BCUT2D eigenvalue weighted by Gasteiger charge is -2.31. The summed E-state index contributed by atoms with van der Waals surface area (Å²) in [7, 11) is 0. The number of anilines is 2. The van der Waals surface area contributed by atoms with Crippen molar-refractivity contribution in [2.75, 3.05) is 10.2 Å². The third-order valence-electron chi connectivity index (χ3n) is 5.25. The lowest BCUT2D eigenvalue weighted by Crippen LogP contribution is -2.46. The fourth-order valence-corrected chi connectivity index (χ4v) is 3.96. The smallest absolute Gasteiger partial charge is 0.257 e. The maximum atomic E-state index is 13.4. The Labute approximate surface area is 198 Å². The average molecular weight is 470 g/mol. The van der Waals surface area contributed by atoms with Gasteiger partial charge in [0.2, 0.25) is 17.7 Å². The molecule has 0 aromatic heterocycles. The molecular formula is C25H28ClN3O4. The van der Waals surface area contributed by atoms with Crippen LogP contribution in [0.3, 0.4) is 0 Å². The molecular weight excluding hydrogens is 442 g/mol. The van der Waals surface area contributed by atoms with Crippen LogP contribution in [0.4, 0.5) is 11.4 Å². The van der Waals surface area contributed by atoms with Crippen LogP contribution in [0.25, 0.3) is 0 Å².